The summed E-state index contributed by atoms with van der Waals surface area (Å²) in [6.45, 7) is 5.74. The molecule has 2 N–H and O–H groups in total. The number of hydrogen-bond acceptors (Lipinski definition) is 4. The number of allylic oxidation sites excluding steroid dienone is 1. The van der Waals surface area contributed by atoms with E-state index >= 15 is 4.39 Å². The lowest BCUT2D eigenvalue weighted by Crippen LogP contribution is -2.44. The Morgan fingerprint density at radius 1 is 1.19 bits per heavy atom. The number of halogens is 2. The highest BCUT2D eigenvalue weighted by Gasteiger charge is 2.32. The monoisotopic (exact) mass is 585 g/mol. The molecule has 0 spiro atoms. The summed E-state index contributed by atoms with van der Waals surface area (Å²) in [4.78, 5) is 21.3. The summed E-state index contributed by atoms with van der Waals surface area (Å²) in [6, 6.07) is 15.9. The molecule has 216 valence electrons. The number of rotatable bonds is 7. The van der Waals surface area contributed by atoms with Crippen LogP contribution >= 0.6 is 11.6 Å². The van der Waals surface area contributed by atoms with Gasteiger partial charge in [-0.05, 0) is 77.8 Å². The average Bonchev–Trinajstić information content (AvgIpc) is 3.43. The summed E-state index contributed by atoms with van der Waals surface area (Å²) in [5.74, 6) is -0.574. The van der Waals surface area contributed by atoms with E-state index in [9.17, 15) is 9.90 Å². The van der Waals surface area contributed by atoms with E-state index in [1.807, 2.05) is 30.5 Å². The third kappa shape index (κ3) is 5.98. The Morgan fingerprint density at radius 2 is 2.00 bits per heavy atom. The van der Waals surface area contributed by atoms with E-state index in [1.165, 1.54) is 11.6 Å². The highest BCUT2D eigenvalue weighted by atomic mass is 35.5. The van der Waals surface area contributed by atoms with Gasteiger partial charge in [0.2, 0.25) is 0 Å². The number of aromatic carboxylic acids is 1. The zero-order valence-corrected chi connectivity index (χ0v) is 24.4. The molecule has 2 aromatic heterocycles. The van der Waals surface area contributed by atoms with E-state index in [4.69, 9.17) is 16.3 Å². The molecule has 0 radical (unpaired) electrons. The van der Waals surface area contributed by atoms with Crippen LogP contribution < -0.4 is 4.74 Å². The molecule has 0 bridgehead atoms. The van der Waals surface area contributed by atoms with Crippen LogP contribution in [0.5, 0.6) is 5.75 Å². The van der Waals surface area contributed by atoms with Gasteiger partial charge in [0.25, 0.3) is 0 Å². The van der Waals surface area contributed by atoms with Crippen LogP contribution in [0.25, 0.3) is 22.2 Å². The Hall–Kier alpha value is -3.94. The van der Waals surface area contributed by atoms with Gasteiger partial charge in [0.05, 0.1) is 11.8 Å². The number of pyridine rings is 1. The standard InChI is InChI=1S/C34H33ClFN3O3/c1-34(2)12-9-25(29(18-34)28-8-7-26(35)17-30(28)36)20-39-14-11-23(21-3-5-22(6-4-21)33(40)41)16-31(39)42-27-15-24-10-13-37-32(24)38-19-27/h3-8,10-11,13,15,17,19,31H,9,12,14,16,18,20H2,1-2H3,(H,37,38)(H,40,41). The predicted octanol–water partition coefficient (Wildman–Crippen LogP) is 8.21. The van der Waals surface area contributed by atoms with E-state index in [1.54, 1.807) is 30.5 Å². The number of H-pyrrole nitrogens is 1. The van der Waals surface area contributed by atoms with Gasteiger partial charge in [0.1, 0.15) is 17.2 Å². The fourth-order valence-electron chi connectivity index (χ4n) is 6.00. The fourth-order valence-corrected chi connectivity index (χ4v) is 6.16. The van der Waals surface area contributed by atoms with Gasteiger partial charge in [0, 0.05) is 41.7 Å². The Morgan fingerprint density at radius 3 is 2.76 bits per heavy atom. The lowest BCUT2D eigenvalue weighted by atomic mass is 9.72. The number of carboxylic acids is 1. The van der Waals surface area contributed by atoms with Crippen molar-refractivity contribution in [3.05, 3.63) is 106 Å². The van der Waals surface area contributed by atoms with Crippen LogP contribution in [-0.4, -0.2) is 45.3 Å². The topological polar surface area (TPSA) is 78.5 Å². The van der Waals surface area contributed by atoms with Crippen LogP contribution in [0.15, 0.2) is 78.6 Å². The molecule has 2 aliphatic rings. The third-order valence-electron chi connectivity index (χ3n) is 8.36. The van der Waals surface area contributed by atoms with Crippen molar-refractivity contribution < 1.29 is 19.0 Å². The van der Waals surface area contributed by atoms with Crippen LogP contribution in [0, 0.1) is 11.2 Å². The molecule has 0 saturated carbocycles. The number of carbonyl (C=O) groups is 1. The number of fused-ring (bicyclic) bond motifs is 1. The van der Waals surface area contributed by atoms with Gasteiger partial charge >= 0.3 is 5.97 Å². The second-order valence-corrected chi connectivity index (χ2v) is 12.4. The molecule has 42 heavy (non-hydrogen) atoms. The van der Waals surface area contributed by atoms with Crippen LogP contribution in [-0.2, 0) is 0 Å². The number of aromatic nitrogens is 2. The molecule has 0 fully saturated rings. The highest BCUT2D eigenvalue weighted by molar-refractivity contribution is 6.30. The largest absolute Gasteiger partial charge is 0.478 e. The number of benzene rings is 2. The summed E-state index contributed by atoms with van der Waals surface area (Å²) >= 11 is 6.09. The van der Waals surface area contributed by atoms with Gasteiger partial charge in [-0.25, -0.2) is 14.2 Å². The highest BCUT2D eigenvalue weighted by Crippen LogP contribution is 2.44. The lowest BCUT2D eigenvalue weighted by molar-refractivity contribution is 0.0386. The molecule has 1 aliphatic carbocycles. The molecule has 3 heterocycles. The molecule has 0 amide bonds. The number of hydrogen-bond donors (Lipinski definition) is 2. The zero-order valence-electron chi connectivity index (χ0n) is 23.7. The maximum absolute atomic E-state index is 15.2. The number of nitrogens with one attached hydrogen (secondary N) is 1. The predicted molar refractivity (Wildman–Crippen MR) is 164 cm³/mol. The third-order valence-corrected chi connectivity index (χ3v) is 8.59. The van der Waals surface area contributed by atoms with Crippen molar-refractivity contribution in [3.8, 4) is 5.75 Å². The van der Waals surface area contributed by atoms with Crippen molar-refractivity contribution in [2.24, 2.45) is 5.41 Å². The fraction of sp³-hybridized carbons (Fsp3) is 0.294. The SMILES string of the molecule is CC1(C)CCC(CN2CC=C(c3ccc(C(=O)O)cc3)CC2Oc2cnc3[nH]ccc3c2)=C(c2ccc(Cl)cc2F)C1. The molecule has 0 saturated heterocycles. The van der Waals surface area contributed by atoms with Crippen molar-refractivity contribution in [3.63, 3.8) is 0 Å². The van der Waals surface area contributed by atoms with E-state index in [-0.39, 0.29) is 23.0 Å². The van der Waals surface area contributed by atoms with Crippen molar-refractivity contribution >= 4 is 39.7 Å². The molecule has 1 aliphatic heterocycles. The van der Waals surface area contributed by atoms with Gasteiger partial charge in [-0.2, -0.15) is 0 Å². The zero-order chi connectivity index (χ0) is 29.4. The van der Waals surface area contributed by atoms with Crippen LogP contribution in [0.1, 0.15) is 61.0 Å². The molecule has 4 aromatic rings. The first-order valence-corrected chi connectivity index (χ1v) is 14.6. The normalized spacial score (nSPS) is 19.1. The van der Waals surface area contributed by atoms with E-state index < -0.39 is 5.97 Å². The summed E-state index contributed by atoms with van der Waals surface area (Å²) in [7, 11) is 0. The minimum Gasteiger partial charge on any atom is -0.478 e. The average molecular weight is 586 g/mol. The van der Waals surface area contributed by atoms with Gasteiger partial charge in [-0.3, -0.25) is 4.90 Å². The van der Waals surface area contributed by atoms with E-state index in [2.05, 4.69) is 34.8 Å². The van der Waals surface area contributed by atoms with Gasteiger partial charge in [0.15, 0.2) is 6.23 Å². The van der Waals surface area contributed by atoms with Gasteiger partial charge < -0.3 is 14.8 Å². The Kier molecular flexibility index (Phi) is 7.64. The maximum Gasteiger partial charge on any atom is 0.335 e. The van der Waals surface area contributed by atoms with Gasteiger partial charge in [-0.1, -0.05) is 55.3 Å². The van der Waals surface area contributed by atoms with Crippen molar-refractivity contribution in [2.75, 3.05) is 13.1 Å². The molecule has 8 heteroatoms. The second-order valence-electron chi connectivity index (χ2n) is 12.0. The Balaban J connectivity index is 1.34. The lowest BCUT2D eigenvalue weighted by Gasteiger charge is -2.39. The molecule has 1 atom stereocenters. The molecular weight excluding hydrogens is 553 g/mol. The molecular formula is C34H33ClFN3O3. The summed E-state index contributed by atoms with van der Waals surface area (Å²) < 4.78 is 21.8. The molecule has 6 nitrogen and oxygen atoms in total. The van der Waals surface area contributed by atoms with Crippen LogP contribution in [0.4, 0.5) is 4.39 Å². The van der Waals surface area contributed by atoms with E-state index in [0.717, 1.165) is 47.0 Å². The van der Waals surface area contributed by atoms with Crippen LogP contribution in [0.3, 0.4) is 0 Å². The first-order chi connectivity index (χ1) is 20.1. The minimum atomic E-state index is -0.948. The minimum absolute atomic E-state index is 0.0650. The van der Waals surface area contributed by atoms with E-state index in [0.29, 0.717) is 35.8 Å². The number of nitrogens with zero attached hydrogens (tertiary/aromatic N) is 2. The maximum atomic E-state index is 15.2. The van der Waals surface area contributed by atoms with Crippen molar-refractivity contribution in [1.82, 2.24) is 14.9 Å². The number of carboxylic acid groups (broad SMARTS) is 1. The summed E-state index contributed by atoms with van der Waals surface area (Å²) in [5.41, 5.74) is 6.06. The molecule has 1 unspecified atom stereocenters. The smallest absolute Gasteiger partial charge is 0.335 e. The molecule has 6 rings (SSSR count). The summed E-state index contributed by atoms with van der Waals surface area (Å²) in [5, 5.41) is 10.7. The quantitative estimate of drug-likeness (QED) is 0.228. The van der Waals surface area contributed by atoms with Crippen molar-refractivity contribution in [1.29, 1.82) is 0 Å². The number of ether oxygens (including phenoxy) is 1. The second kappa shape index (κ2) is 11.4. The Labute approximate surface area is 249 Å². The number of aromatic amines is 1. The summed E-state index contributed by atoms with van der Waals surface area (Å²) in [6.07, 6.45) is 8.73. The Bertz CT molecular complexity index is 1710. The first kappa shape index (κ1) is 28.2. The molecule has 2 aromatic carbocycles. The van der Waals surface area contributed by atoms with Crippen molar-refractivity contribution in [2.45, 2.75) is 45.8 Å². The van der Waals surface area contributed by atoms with Gasteiger partial charge in [-0.15, -0.1) is 0 Å². The first-order valence-electron chi connectivity index (χ1n) is 14.2. The van der Waals surface area contributed by atoms with Crippen LogP contribution in [0.2, 0.25) is 5.02 Å².